The number of hydrogen-bond acceptors (Lipinski definition) is 2. The second kappa shape index (κ2) is 7.48. The maximum atomic E-state index is 11.9. The van der Waals surface area contributed by atoms with E-state index in [0.29, 0.717) is 12.0 Å². The minimum atomic E-state index is -0.100. The molecule has 0 unspecified atom stereocenters. The van der Waals surface area contributed by atoms with Crippen LogP contribution in [-0.2, 0) is 9.59 Å². The summed E-state index contributed by atoms with van der Waals surface area (Å²) in [6.45, 7) is 7.49. The van der Waals surface area contributed by atoms with Crippen molar-refractivity contribution in [2.24, 2.45) is 0 Å². The smallest absolute Gasteiger partial charge is 0.250 e. The molecule has 0 saturated carbocycles. The molecule has 0 aliphatic heterocycles. The number of amides is 2. The number of benzene rings is 1. The second-order valence-corrected chi connectivity index (χ2v) is 4.68. The number of hydrogen-bond donors (Lipinski definition) is 2. The molecule has 1 aromatic carbocycles. The number of aryl methyl sites for hydroxylation is 1. The first-order valence-corrected chi connectivity index (χ1v) is 6.86. The Morgan fingerprint density at radius 1 is 1.20 bits per heavy atom. The maximum absolute atomic E-state index is 11.9. The molecule has 0 aliphatic carbocycles. The quantitative estimate of drug-likeness (QED) is 0.805. The third-order valence-electron chi connectivity index (χ3n) is 2.95. The minimum Gasteiger partial charge on any atom is -0.326 e. The lowest BCUT2D eigenvalue weighted by Crippen LogP contribution is -2.14. The van der Waals surface area contributed by atoms with Gasteiger partial charge in [-0.25, -0.2) is 0 Å². The first-order valence-electron chi connectivity index (χ1n) is 6.86. The molecule has 0 fully saturated rings. The van der Waals surface area contributed by atoms with E-state index in [4.69, 9.17) is 0 Å². The average Bonchev–Trinajstić information content (AvgIpc) is 2.41. The topological polar surface area (TPSA) is 58.2 Å². The summed E-state index contributed by atoms with van der Waals surface area (Å²) in [6, 6.07) is 5.44. The fourth-order valence-corrected chi connectivity index (χ4v) is 1.75. The highest BCUT2D eigenvalue weighted by atomic mass is 16.2. The summed E-state index contributed by atoms with van der Waals surface area (Å²) >= 11 is 0. The molecule has 0 atom stereocenters. The van der Waals surface area contributed by atoms with Crippen molar-refractivity contribution in [2.45, 2.75) is 40.5 Å². The Labute approximate surface area is 120 Å². The van der Waals surface area contributed by atoms with Crippen LogP contribution in [0.2, 0.25) is 0 Å². The van der Waals surface area contributed by atoms with E-state index in [9.17, 15) is 9.59 Å². The Morgan fingerprint density at radius 3 is 2.45 bits per heavy atom. The predicted octanol–water partition coefficient (Wildman–Crippen LogP) is 3.64. The normalized spacial score (nSPS) is 11.1. The Hall–Kier alpha value is -2.10. The molecular weight excluding hydrogens is 252 g/mol. The molecular formula is C16H22N2O2. The predicted molar refractivity (Wildman–Crippen MR) is 82.8 cm³/mol. The van der Waals surface area contributed by atoms with Crippen molar-refractivity contribution in [2.75, 3.05) is 10.6 Å². The van der Waals surface area contributed by atoms with Crippen LogP contribution < -0.4 is 10.6 Å². The molecule has 2 N–H and O–H groups in total. The van der Waals surface area contributed by atoms with Crippen LogP contribution in [0.1, 0.15) is 39.2 Å². The van der Waals surface area contributed by atoms with Crippen LogP contribution >= 0.6 is 0 Å². The van der Waals surface area contributed by atoms with Crippen LogP contribution in [0.3, 0.4) is 0 Å². The van der Waals surface area contributed by atoms with Gasteiger partial charge in [0.25, 0.3) is 5.91 Å². The van der Waals surface area contributed by atoms with Crippen LogP contribution in [0.5, 0.6) is 0 Å². The molecule has 4 heteroatoms. The lowest BCUT2D eigenvalue weighted by atomic mass is 10.1. The second-order valence-electron chi connectivity index (χ2n) is 4.68. The number of allylic oxidation sites excluding steroid dienone is 1. The molecule has 2 amide bonds. The molecule has 0 aromatic heterocycles. The number of carbonyl (C=O) groups is 2. The Kier molecular flexibility index (Phi) is 5.97. The van der Waals surface area contributed by atoms with Gasteiger partial charge in [0, 0.05) is 23.4 Å². The lowest BCUT2D eigenvalue weighted by molar-refractivity contribution is -0.116. The highest BCUT2D eigenvalue weighted by Crippen LogP contribution is 2.20. The summed E-state index contributed by atoms with van der Waals surface area (Å²) in [4.78, 5) is 23.2. The van der Waals surface area contributed by atoms with Gasteiger partial charge in [-0.15, -0.1) is 0 Å². The van der Waals surface area contributed by atoms with Crippen LogP contribution in [-0.4, -0.2) is 11.8 Å². The van der Waals surface area contributed by atoms with Crippen LogP contribution in [0.4, 0.5) is 11.4 Å². The maximum Gasteiger partial charge on any atom is 0.250 e. The highest BCUT2D eigenvalue weighted by Gasteiger charge is 2.07. The Bertz CT molecular complexity index is 533. The van der Waals surface area contributed by atoms with Gasteiger partial charge >= 0.3 is 0 Å². The van der Waals surface area contributed by atoms with Crippen LogP contribution in [0, 0.1) is 6.92 Å². The number of rotatable bonds is 5. The number of anilines is 2. The molecule has 4 nitrogen and oxygen atoms in total. The van der Waals surface area contributed by atoms with E-state index < -0.39 is 0 Å². The average molecular weight is 274 g/mol. The molecule has 20 heavy (non-hydrogen) atoms. The molecule has 108 valence electrons. The molecule has 0 radical (unpaired) electrons. The van der Waals surface area contributed by atoms with Gasteiger partial charge in [0.1, 0.15) is 0 Å². The van der Waals surface area contributed by atoms with Crippen LogP contribution in [0.15, 0.2) is 29.8 Å². The summed E-state index contributed by atoms with van der Waals surface area (Å²) in [5.41, 5.74) is 3.12. The lowest BCUT2D eigenvalue weighted by Gasteiger charge is -2.11. The minimum absolute atomic E-state index is 0.0217. The van der Waals surface area contributed by atoms with Crippen molar-refractivity contribution < 1.29 is 9.59 Å². The fourth-order valence-electron chi connectivity index (χ4n) is 1.75. The summed E-state index contributed by atoms with van der Waals surface area (Å²) in [5, 5.41) is 5.66. The zero-order valence-electron chi connectivity index (χ0n) is 12.5. The third-order valence-corrected chi connectivity index (χ3v) is 2.95. The van der Waals surface area contributed by atoms with Gasteiger partial charge in [0.2, 0.25) is 5.91 Å². The summed E-state index contributed by atoms with van der Waals surface area (Å²) < 4.78 is 0. The third kappa shape index (κ3) is 4.53. The van der Waals surface area contributed by atoms with Crippen molar-refractivity contribution in [1.29, 1.82) is 0 Å². The van der Waals surface area contributed by atoms with Crippen molar-refractivity contribution in [3.8, 4) is 0 Å². The van der Waals surface area contributed by atoms with E-state index in [1.54, 1.807) is 19.1 Å². The van der Waals surface area contributed by atoms with Crippen molar-refractivity contribution in [3.63, 3.8) is 0 Å². The van der Waals surface area contributed by atoms with Crippen molar-refractivity contribution in [1.82, 2.24) is 0 Å². The summed E-state index contributed by atoms with van der Waals surface area (Å²) in [5.74, 6) is -0.122. The fraction of sp³-hybridized carbons (Fsp3) is 0.375. The zero-order chi connectivity index (χ0) is 15.1. The van der Waals surface area contributed by atoms with E-state index in [-0.39, 0.29) is 11.8 Å². The Balaban J connectivity index is 2.80. The van der Waals surface area contributed by atoms with Crippen LogP contribution in [0.25, 0.3) is 0 Å². The summed E-state index contributed by atoms with van der Waals surface area (Å²) in [7, 11) is 0. The molecule has 0 heterocycles. The van der Waals surface area contributed by atoms with Gasteiger partial charge in [0.05, 0.1) is 0 Å². The van der Waals surface area contributed by atoms with Crippen molar-refractivity contribution >= 4 is 23.2 Å². The SMILES string of the molecule is CC/C=C(\C)C(=O)Nc1ccc(NC(=O)CC)c(C)c1. The zero-order valence-corrected chi connectivity index (χ0v) is 12.5. The van der Waals surface area contributed by atoms with Gasteiger partial charge in [-0.05, 0) is 44.0 Å². The highest BCUT2D eigenvalue weighted by molar-refractivity contribution is 6.03. The summed E-state index contributed by atoms with van der Waals surface area (Å²) in [6.07, 6.45) is 3.16. The molecule has 1 aromatic rings. The molecule has 1 rings (SSSR count). The van der Waals surface area contributed by atoms with Crippen molar-refractivity contribution in [3.05, 3.63) is 35.4 Å². The van der Waals surface area contributed by atoms with E-state index >= 15 is 0 Å². The van der Waals surface area contributed by atoms with Gasteiger partial charge < -0.3 is 10.6 Å². The van der Waals surface area contributed by atoms with Gasteiger partial charge in [0.15, 0.2) is 0 Å². The molecule has 0 spiro atoms. The van der Waals surface area contributed by atoms with E-state index in [0.717, 1.165) is 23.4 Å². The van der Waals surface area contributed by atoms with E-state index in [1.165, 1.54) is 0 Å². The van der Waals surface area contributed by atoms with Gasteiger partial charge in [-0.3, -0.25) is 9.59 Å². The first-order chi connectivity index (χ1) is 9.47. The first kappa shape index (κ1) is 16.0. The molecule has 0 bridgehead atoms. The van der Waals surface area contributed by atoms with E-state index in [1.807, 2.05) is 32.9 Å². The molecule has 0 saturated heterocycles. The van der Waals surface area contributed by atoms with Gasteiger partial charge in [-0.2, -0.15) is 0 Å². The monoisotopic (exact) mass is 274 g/mol. The Morgan fingerprint density at radius 2 is 1.90 bits per heavy atom. The van der Waals surface area contributed by atoms with Gasteiger partial charge in [-0.1, -0.05) is 19.9 Å². The van der Waals surface area contributed by atoms with E-state index in [2.05, 4.69) is 10.6 Å². The number of nitrogens with one attached hydrogen (secondary N) is 2. The number of carbonyl (C=O) groups excluding carboxylic acids is 2. The largest absolute Gasteiger partial charge is 0.326 e. The molecule has 0 aliphatic rings. The standard InChI is InChI=1S/C16H22N2O2/c1-5-7-11(3)16(20)17-13-8-9-14(12(4)10-13)18-15(19)6-2/h7-10H,5-6H2,1-4H3,(H,17,20)(H,18,19)/b11-7+.